The van der Waals surface area contributed by atoms with Crippen LogP contribution in [0.3, 0.4) is 0 Å². The molecule has 9 heteroatoms. The van der Waals surface area contributed by atoms with Crippen LogP contribution in [-0.2, 0) is 30.8 Å². The lowest BCUT2D eigenvalue weighted by Crippen LogP contribution is -2.41. The van der Waals surface area contributed by atoms with Crippen molar-refractivity contribution in [1.82, 2.24) is 9.21 Å². The fraction of sp³-hybridized carbons (Fsp3) is 0.636. The predicted octanol–water partition coefficient (Wildman–Crippen LogP) is 1.78. The first-order valence-electron chi connectivity index (χ1n) is 11.2. The zero-order valence-corrected chi connectivity index (χ0v) is 18.9. The molecule has 3 aliphatic rings. The van der Waals surface area contributed by atoms with Crippen LogP contribution in [0.25, 0.3) is 0 Å². The summed E-state index contributed by atoms with van der Waals surface area (Å²) in [5.74, 6) is -0.117. The maximum Gasteiger partial charge on any atom is 0.243 e. The summed E-state index contributed by atoms with van der Waals surface area (Å²) in [6.45, 7) is 5.27. The second-order valence-corrected chi connectivity index (χ2v) is 10.4. The van der Waals surface area contributed by atoms with Gasteiger partial charge in [-0.05, 0) is 49.9 Å². The van der Waals surface area contributed by atoms with Crippen LogP contribution in [0, 0.1) is 0 Å². The summed E-state index contributed by atoms with van der Waals surface area (Å²) in [6, 6.07) is 5.08. The van der Waals surface area contributed by atoms with E-state index in [0.717, 1.165) is 30.5 Å². The monoisotopic (exact) mass is 449 g/mol. The van der Waals surface area contributed by atoms with E-state index < -0.39 is 10.0 Å². The van der Waals surface area contributed by atoms with Crippen LogP contribution < -0.4 is 4.90 Å². The quantitative estimate of drug-likeness (QED) is 0.684. The number of rotatable bonds is 5. The van der Waals surface area contributed by atoms with Gasteiger partial charge in [-0.2, -0.15) is 4.31 Å². The highest BCUT2D eigenvalue weighted by molar-refractivity contribution is 7.89. The molecule has 0 aliphatic carbocycles. The SMILES string of the molecule is C[C@H]1CCCCN1S(=O)(=O)c1ccc2c(c1)CCN2C(=O)CCC(=O)N1CCOCC1. The van der Waals surface area contributed by atoms with Gasteiger partial charge in [0.25, 0.3) is 0 Å². The van der Waals surface area contributed by atoms with Crippen molar-refractivity contribution in [1.29, 1.82) is 0 Å². The van der Waals surface area contributed by atoms with Crippen molar-refractivity contribution in [2.24, 2.45) is 0 Å². The third-order valence-electron chi connectivity index (χ3n) is 6.51. The van der Waals surface area contributed by atoms with Gasteiger partial charge in [0, 0.05) is 50.7 Å². The number of carbonyl (C=O) groups excluding carboxylic acids is 2. The van der Waals surface area contributed by atoms with Crippen molar-refractivity contribution < 1.29 is 22.7 Å². The number of ether oxygens (including phenoxy) is 1. The Bertz CT molecular complexity index is 942. The number of morpholine rings is 1. The highest BCUT2D eigenvalue weighted by Gasteiger charge is 2.33. The lowest BCUT2D eigenvalue weighted by Gasteiger charge is -2.32. The predicted molar refractivity (Wildman–Crippen MR) is 116 cm³/mol. The molecule has 0 spiro atoms. The van der Waals surface area contributed by atoms with Gasteiger partial charge in [0.1, 0.15) is 0 Å². The molecule has 0 radical (unpaired) electrons. The highest BCUT2D eigenvalue weighted by atomic mass is 32.2. The van der Waals surface area contributed by atoms with Crippen molar-refractivity contribution in [3.63, 3.8) is 0 Å². The van der Waals surface area contributed by atoms with Crippen molar-refractivity contribution >= 4 is 27.5 Å². The van der Waals surface area contributed by atoms with E-state index in [1.54, 1.807) is 32.3 Å². The minimum atomic E-state index is -3.53. The van der Waals surface area contributed by atoms with E-state index in [0.29, 0.717) is 50.7 Å². The summed E-state index contributed by atoms with van der Waals surface area (Å²) >= 11 is 0. The number of hydrogen-bond acceptors (Lipinski definition) is 5. The van der Waals surface area contributed by atoms with Gasteiger partial charge in [0.2, 0.25) is 21.8 Å². The zero-order chi connectivity index (χ0) is 22.0. The smallest absolute Gasteiger partial charge is 0.243 e. The molecule has 1 atom stereocenters. The van der Waals surface area contributed by atoms with Crippen LogP contribution in [-0.4, -0.2) is 74.9 Å². The van der Waals surface area contributed by atoms with Gasteiger partial charge >= 0.3 is 0 Å². The number of amides is 2. The first-order valence-corrected chi connectivity index (χ1v) is 12.6. The van der Waals surface area contributed by atoms with Crippen LogP contribution in [0.5, 0.6) is 0 Å². The zero-order valence-electron chi connectivity index (χ0n) is 18.1. The van der Waals surface area contributed by atoms with Gasteiger partial charge in [-0.15, -0.1) is 0 Å². The summed E-state index contributed by atoms with van der Waals surface area (Å²) in [5, 5.41) is 0. The molecule has 0 unspecified atom stereocenters. The average Bonchev–Trinajstić information content (AvgIpc) is 3.21. The summed E-state index contributed by atoms with van der Waals surface area (Å²) in [7, 11) is -3.53. The van der Waals surface area contributed by atoms with Crippen molar-refractivity contribution in [3.05, 3.63) is 23.8 Å². The molecule has 0 bridgehead atoms. The number of sulfonamides is 1. The second-order valence-electron chi connectivity index (χ2n) is 8.54. The van der Waals surface area contributed by atoms with E-state index >= 15 is 0 Å². The maximum atomic E-state index is 13.1. The van der Waals surface area contributed by atoms with Gasteiger partial charge < -0.3 is 14.5 Å². The van der Waals surface area contributed by atoms with Crippen molar-refractivity contribution in [3.8, 4) is 0 Å². The lowest BCUT2D eigenvalue weighted by atomic mass is 10.1. The van der Waals surface area contributed by atoms with Gasteiger partial charge in [0.05, 0.1) is 18.1 Å². The van der Waals surface area contributed by atoms with Crippen LogP contribution in [0.2, 0.25) is 0 Å². The number of carbonyl (C=O) groups is 2. The minimum absolute atomic E-state index is 0.00841. The Morgan fingerprint density at radius 1 is 1.03 bits per heavy atom. The van der Waals surface area contributed by atoms with E-state index in [2.05, 4.69) is 0 Å². The molecule has 3 heterocycles. The molecule has 31 heavy (non-hydrogen) atoms. The first-order chi connectivity index (χ1) is 14.9. The number of benzene rings is 1. The van der Waals surface area contributed by atoms with Crippen LogP contribution in [0.1, 0.15) is 44.6 Å². The number of fused-ring (bicyclic) bond motifs is 1. The van der Waals surface area contributed by atoms with E-state index in [1.165, 1.54) is 0 Å². The molecule has 0 N–H and O–H groups in total. The van der Waals surface area contributed by atoms with Gasteiger partial charge in [-0.25, -0.2) is 8.42 Å². The largest absolute Gasteiger partial charge is 0.378 e. The fourth-order valence-corrected chi connectivity index (χ4v) is 6.43. The molecule has 0 saturated carbocycles. The summed E-state index contributed by atoms with van der Waals surface area (Å²) in [6.07, 6.45) is 3.79. The molecule has 3 aliphatic heterocycles. The Hall–Kier alpha value is -1.97. The van der Waals surface area contributed by atoms with Crippen LogP contribution >= 0.6 is 0 Å². The average molecular weight is 450 g/mol. The van der Waals surface area contributed by atoms with Crippen LogP contribution in [0.15, 0.2) is 23.1 Å². The number of anilines is 1. The minimum Gasteiger partial charge on any atom is -0.378 e. The van der Waals surface area contributed by atoms with E-state index in [1.807, 2.05) is 6.92 Å². The number of nitrogens with zero attached hydrogens (tertiary/aromatic N) is 3. The Morgan fingerprint density at radius 2 is 1.77 bits per heavy atom. The Morgan fingerprint density at radius 3 is 2.52 bits per heavy atom. The Kier molecular flexibility index (Phi) is 6.64. The molecule has 2 fully saturated rings. The topological polar surface area (TPSA) is 87.2 Å². The third kappa shape index (κ3) is 4.63. The van der Waals surface area contributed by atoms with E-state index in [9.17, 15) is 18.0 Å². The van der Waals surface area contributed by atoms with E-state index in [-0.39, 0.29) is 30.7 Å². The normalized spacial score (nSPS) is 22.4. The summed E-state index contributed by atoms with van der Waals surface area (Å²) in [4.78, 5) is 28.8. The number of piperidine rings is 1. The van der Waals surface area contributed by atoms with Gasteiger partial charge in [0.15, 0.2) is 0 Å². The maximum absolute atomic E-state index is 13.1. The number of hydrogen-bond donors (Lipinski definition) is 0. The lowest BCUT2D eigenvalue weighted by molar-refractivity contribution is -0.136. The van der Waals surface area contributed by atoms with E-state index in [4.69, 9.17) is 4.74 Å². The summed E-state index contributed by atoms with van der Waals surface area (Å²) in [5.41, 5.74) is 1.63. The Labute approximate surface area is 184 Å². The molecule has 1 aromatic rings. The molecular formula is C22H31N3O5S. The standard InChI is InChI=1S/C22H31N3O5S/c1-17-4-2-3-10-25(17)31(28,29)19-5-6-20-18(16-19)9-11-24(20)22(27)8-7-21(26)23-12-14-30-15-13-23/h5-6,16-17H,2-4,7-15H2,1H3/t17-/m0/s1. The highest BCUT2D eigenvalue weighted by Crippen LogP contribution is 2.33. The van der Waals surface area contributed by atoms with Gasteiger partial charge in [-0.3, -0.25) is 9.59 Å². The molecule has 0 aromatic heterocycles. The molecule has 8 nitrogen and oxygen atoms in total. The molecule has 2 amide bonds. The third-order valence-corrected chi connectivity index (χ3v) is 8.52. The molecule has 2 saturated heterocycles. The molecule has 1 aromatic carbocycles. The fourth-order valence-electron chi connectivity index (χ4n) is 4.68. The molecule has 4 rings (SSSR count). The Balaban J connectivity index is 1.42. The van der Waals surface area contributed by atoms with Crippen molar-refractivity contribution in [2.75, 3.05) is 44.3 Å². The van der Waals surface area contributed by atoms with Gasteiger partial charge in [-0.1, -0.05) is 6.42 Å². The van der Waals surface area contributed by atoms with Crippen LogP contribution in [0.4, 0.5) is 5.69 Å². The summed E-state index contributed by atoms with van der Waals surface area (Å²) < 4.78 is 33.1. The second kappa shape index (κ2) is 9.26. The molecule has 170 valence electrons. The van der Waals surface area contributed by atoms with Crippen molar-refractivity contribution in [2.45, 2.75) is 56.4 Å². The first kappa shape index (κ1) is 22.2. The molecular weight excluding hydrogens is 418 g/mol.